The first-order valence-corrected chi connectivity index (χ1v) is 8.17. The highest BCUT2D eigenvalue weighted by atomic mass is 16.6. The zero-order valence-corrected chi connectivity index (χ0v) is 14.9. The van der Waals surface area contributed by atoms with Crippen molar-refractivity contribution in [3.8, 4) is 11.5 Å². The van der Waals surface area contributed by atoms with Gasteiger partial charge in [0.25, 0.3) is 11.2 Å². The second-order valence-corrected chi connectivity index (χ2v) is 6.75. The quantitative estimate of drug-likeness (QED) is 0.494. The lowest BCUT2D eigenvalue weighted by Gasteiger charge is -2.42. The molecule has 142 valence electrons. The van der Waals surface area contributed by atoms with Crippen LogP contribution in [0.4, 0.5) is 5.69 Å². The van der Waals surface area contributed by atoms with Crippen LogP contribution in [-0.4, -0.2) is 32.3 Å². The van der Waals surface area contributed by atoms with Crippen molar-refractivity contribution in [1.29, 1.82) is 0 Å². The zero-order chi connectivity index (χ0) is 19.9. The molecule has 2 heterocycles. The van der Waals surface area contributed by atoms with Gasteiger partial charge in [-0.25, -0.2) is 0 Å². The maximum Gasteiger partial charge on any atom is 0.308 e. The molecule has 9 nitrogen and oxygen atoms in total. The normalized spacial score (nSPS) is 20.3. The average Bonchev–Trinajstić information content (AvgIpc) is 2.57. The van der Waals surface area contributed by atoms with Crippen molar-refractivity contribution in [3.05, 3.63) is 62.6 Å². The van der Waals surface area contributed by atoms with Gasteiger partial charge >= 0.3 is 5.97 Å². The van der Waals surface area contributed by atoms with E-state index < -0.39 is 34.2 Å². The number of nitrogens with zero attached hydrogens (tertiary/aromatic N) is 2. The predicted molar refractivity (Wildman–Crippen MR) is 94.0 cm³/mol. The molecule has 27 heavy (non-hydrogen) atoms. The Labute approximate surface area is 153 Å². The summed E-state index contributed by atoms with van der Waals surface area (Å²) in [5, 5.41) is 22.0. The number of nitro benzene ring substituents is 1. The van der Waals surface area contributed by atoms with E-state index in [1.165, 1.54) is 48.0 Å². The summed E-state index contributed by atoms with van der Waals surface area (Å²) in [7, 11) is 0. The Kier molecular flexibility index (Phi) is 4.48. The number of carbonyl (C=O) groups excluding carboxylic acids is 1. The van der Waals surface area contributed by atoms with Gasteiger partial charge in [0.15, 0.2) is 5.75 Å². The Morgan fingerprint density at radius 1 is 1.37 bits per heavy atom. The highest BCUT2D eigenvalue weighted by Crippen LogP contribution is 2.42. The van der Waals surface area contributed by atoms with E-state index >= 15 is 0 Å². The number of benzene rings is 1. The molecule has 0 amide bonds. The van der Waals surface area contributed by atoms with Crippen LogP contribution in [0.1, 0.15) is 32.4 Å². The third-order valence-electron chi connectivity index (χ3n) is 4.40. The van der Waals surface area contributed by atoms with Crippen LogP contribution in [0.15, 0.2) is 41.3 Å². The summed E-state index contributed by atoms with van der Waals surface area (Å²) < 4.78 is 11.9. The fraction of sp³-hybridized carbons (Fsp3) is 0.333. The van der Waals surface area contributed by atoms with Crippen LogP contribution in [0.3, 0.4) is 0 Å². The summed E-state index contributed by atoms with van der Waals surface area (Å²) in [6, 6.07) is 5.86. The lowest BCUT2D eigenvalue weighted by atomic mass is 9.86. The number of hydrogen-bond donors (Lipinski definition) is 1. The van der Waals surface area contributed by atoms with Crippen LogP contribution in [0.5, 0.6) is 11.5 Å². The maximum absolute atomic E-state index is 12.8. The number of fused-ring (bicyclic) bond motifs is 1. The predicted octanol–water partition coefficient (Wildman–Crippen LogP) is 1.80. The standard InChI is InChI=1S/C18H18N2O7/c1-10(21)26-14-5-4-8-19(17(14)23)15-12-9-11(20(24)25)6-7-13(12)27-18(2,3)16(15)22/h4-9,15-16,22H,1-3H3. The molecule has 1 aromatic heterocycles. The lowest BCUT2D eigenvalue weighted by Crippen LogP contribution is -2.52. The minimum absolute atomic E-state index is 0.196. The molecule has 2 unspecified atom stereocenters. The average molecular weight is 374 g/mol. The topological polar surface area (TPSA) is 121 Å². The highest BCUT2D eigenvalue weighted by molar-refractivity contribution is 5.69. The van der Waals surface area contributed by atoms with Crippen molar-refractivity contribution in [2.24, 2.45) is 0 Å². The zero-order valence-electron chi connectivity index (χ0n) is 14.9. The molecular weight excluding hydrogens is 356 g/mol. The second-order valence-electron chi connectivity index (χ2n) is 6.75. The molecule has 0 bridgehead atoms. The molecule has 1 aromatic carbocycles. The number of aromatic nitrogens is 1. The molecule has 0 saturated heterocycles. The number of esters is 1. The molecule has 1 N–H and O–H groups in total. The van der Waals surface area contributed by atoms with Crippen molar-refractivity contribution in [3.63, 3.8) is 0 Å². The van der Waals surface area contributed by atoms with Gasteiger partial charge in [-0.2, -0.15) is 0 Å². The molecule has 0 saturated carbocycles. The monoisotopic (exact) mass is 374 g/mol. The Bertz CT molecular complexity index is 980. The summed E-state index contributed by atoms with van der Waals surface area (Å²) in [4.78, 5) is 34.6. The molecule has 0 aliphatic carbocycles. The summed E-state index contributed by atoms with van der Waals surface area (Å²) in [5.41, 5.74) is -1.62. The fourth-order valence-electron chi connectivity index (χ4n) is 3.11. The van der Waals surface area contributed by atoms with Gasteiger partial charge in [0.2, 0.25) is 0 Å². The summed E-state index contributed by atoms with van der Waals surface area (Å²) in [6.07, 6.45) is 0.227. The Morgan fingerprint density at radius 3 is 2.70 bits per heavy atom. The number of non-ortho nitro benzene ring substituents is 1. The molecule has 9 heteroatoms. The molecular formula is C18H18N2O7. The van der Waals surface area contributed by atoms with E-state index in [0.29, 0.717) is 5.75 Å². The third-order valence-corrected chi connectivity index (χ3v) is 4.40. The number of nitro groups is 1. The van der Waals surface area contributed by atoms with Crippen molar-refractivity contribution in [2.45, 2.75) is 38.5 Å². The summed E-state index contributed by atoms with van der Waals surface area (Å²) >= 11 is 0. The van der Waals surface area contributed by atoms with Crippen LogP contribution in [0, 0.1) is 10.1 Å². The molecule has 3 rings (SSSR count). The van der Waals surface area contributed by atoms with Gasteiger partial charge in [0, 0.05) is 30.8 Å². The van der Waals surface area contributed by atoms with E-state index in [1.54, 1.807) is 13.8 Å². The van der Waals surface area contributed by atoms with Crippen LogP contribution in [0.2, 0.25) is 0 Å². The van der Waals surface area contributed by atoms with Crippen LogP contribution < -0.4 is 15.0 Å². The first-order valence-electron chi connectivity index (χ1n) is 8.17. The number of carbonyl (C=O) groups is 1. The second kappa shape index (κ2) is 6.51. The van der Waals surface area contributed by atoms with Gasteiger partial charge in [-0.1, -0.05) is 0 Å². The Balaban J connectivity index is 2.23. The van der Waals surface area contributed by atoms with Crippen molar-refractivity contribution < 1.29 is 24.3 Å². The van der Waals surface area contributed by atoms with E-state index in [0.717, 1.165) is 0 Å². The molecule has 0 fully saturated rings. The van der Waals surface area contributed by atoms with Crippen LogP contribution in [-0.2, 0) is 4.79 Å². The molecule has 2 aromatic rings. The van der Waals surface area contributed by atoms with E-state index in [4.69, 9.17) is 9.47 Å². The molecule has 0 spiro atoms. The molecule has 2 atom stereocenters. The first-order chi connectivity index (χ1) is 12.6. The van der Waals surface area contributed by atoms with Gasteiger partial charge in [-0.3, -0.25) is 19.7 Å². The van der Waals surface area contributed by atoms with Gasteiger partial charge in [0.1, 0.15) is 17.5 Å². The summed E-state index contributed by atoms with van der Waals surface area (Å²) in [5.74, 6) is -0.534. The molecule has 1 aliphatic rings. The fourth-order valence-corrected chi connectivity index (χ4v) is 3.11. The van der Waals surface area contributed by atoms with Gasteiger partial charge in [-0.05, 0) is 32.0 Å². The van der Waals surface area contributed by atoms with E-state index in [1.807, 2.05) is 0 Å². The smallest absolute Gasteiger partial charge is 0.308 e. The molecule has 0 radical (unpaired) electrons. The van der Waals surface area contributed by atoms with E-state index in [-0.39, 0.29) is 17.0 Å². The van der Waals surface area contributed by atoms with Crippen LogP contribution >= 0.6 is 0 Å². The SMILES string of the molecule is CC(=O)Oc1cccn(C2c3cc([N+](=O)[O-])ccc3OC(C)(C)C2O)c1=O. The van der Waals surface area contributed by atoms with Crippen molar-refractivity contribution in [1.82, 2.24) is 4.57 Å². The maximum atomic E-state index is 12.8. The number of rotatable bonds is 3. The van der Waals surface area contributed by atoms with Crippen molar-refractivity contribution in [2.75, 3.05) is 0 Å². The molecule has 1 aliphatic heterocycles. The van der Waals surface area contributed by atoms with E-state index in [9.17, 15) is 24.8 Å². The number of aliphatic hydroxyl groups excluding tert-OH is 1. The van der Waals surface area contributed by atoms with Crippen molar-refractivity contribution >= 4 is 11.7 Å². The van der Waals surface area contributed by atoms with Gasteiger partial charge in [-0.15, -0.1) is 0 Å². The van der Waals surface area contributed by atoms with E-state index in [2.05, 4.69) is 0 Å². The Morgan fingerprint density at radius 2 is 2.07 bits per heavy atom. The number of aliphatic hydroxyl groups is 1. The minimum Gasteiger partial charge on any atom is -0.485 e. The Hall–Kier alpha value is -3.20. The largest absolute Gasteiger partial charge is 0.485 e. The number of hydrogen-bond acceptors (Lipinski definition) is 7. The number of pyridine rings is 1. The van der Waals surface area contributed by atoms with Gasteiger partial charge < -0.3 is 19.1 Å². The highest BCUT2D eigenvalue weighted by Gasteiger charge is 2.45. The number of ether oxygens (including phenoxy) is 2. The minimum atomic E-state index is -1.20. The third kappa shape index (κ3) is 3.28. The summed E-state index contributed by atoms with van der Waals surface area (Å²) in [6.45, 7) is 4.47. The van der Waals surface area contributed by atoms with Gasteiger partial charge in [0.05, 0.1) is 11.0 Å². The lowest BCUT2D eigenvalue weighted by molar-refractivity contribution is -0.385. The first kappa shape index (κ1) is 18.6. The van der Waals surface area contributed by atoms with Crippen LogP contribution in [0.25, 0.3) is 0 Å².